The van der Waals surface area contributed by atoms with Gasteiger partial charge < -0.3 is 0 Å². The summed E-state index contributed by atoms with van der Waals surface area (Å²) in [4.78, 5) is 0. The minimum Gasteiger partial charge on any atom is -0.0922 e. The Morgan fingerprint density at radius 2 is 1.69 bits per heavy atom. The van der Waals surface area contributed by atoms with Crippen molar-refractivity contribution in [2.45, 2.75) is 38.5 Å². The topological polar surface area (TPSA) is 0 Å². The van der Waals surface area contributed by atoms with E-state index >= 15 is 0 Å². The molecular formula is C14H18BrCl. The molecular weight excluding hydrogens is 284 g/mol. The number of rotatable bonds is 3. The standard InChI is InChI=1S/C14H18BrCl/c15-11-14(8-2-1-3-9-14)10-12-4-6-13(16)7-5-12/h4-7H,1-3,8-11H2. The van der Waals surface area contributed by atoms with Crippen molar-refractivity contribution in [1.29, 1.82) is 0 Å². The summed E-state index contributed by atoms with van der Waals surface area (Å²) in [5.41, 5.74) is 1.91. The van der Waals surface area contributed by atoms with Crippen molar-refractivity contribution in [3.63, 3.8) is 0 Å². The molecule has 16 heavy (non-hydrogen) atoms. The minimum atomic E-state index is 0.492. The number of halogens is 2. The lowest BCUT2D eigenvalue weighted by atomic mass is 9.72. The average Bonchev–Trinajstić information content (AvgIpc) is 2.33. The second kappa shape index (κ2) is 5.55. The van der Waals surface area contributed by atoms with E-state index in [1.54, 1.807) is 0 Å². The van der Waals surface area contributed by atoms with Crippen LogP contribution in [0.2, 0.25) is 5.02 Å². The lowest BCUT2D eigenvalue weighted by molar-refractivity contribution is 0.223. The van der Waals surface area contributed by atoms with Crippen molar-refractivity contribution in [1.82, 2.24) is 0 Å². The van der Waals surface area contributed by atoms with Crippen molar-refractivity contribution in [2.24, 2.45) is 5.41 Å². The molecule has 88 valence electrons. The van der Waals surface area contributed by atoms with Crippen LogP contribution < -0.4 is 0 Å². The van der Waals surface area contributed by atoms with E-state index in [0.29, 0.717) is 5.41 Å². The molecule has 1 aliphatic rings. The van der Waals surface area contributed by atoms with Gasteiger partial charge >= 0.3 is 0 Å². The molecule has 0 aromatic heterocycles. The number of hydrogen-bond acceptors (Lipinski definition) is 0. The SMILES string of the molecule is Clc1ccc(CC2(CBr)CCCCC2)cc1. The molecule has 0 bridgehead atoms. The predicted molar refractivity (Wildman–Crippen MR) is 74.5 cm³/mol. The molecule has 2 heteroatoms. The molecule has 1 saturated carbocycles. The molecule has 0 aliphatic heterocycles. The summed E-state index contributed by atoms with van der Waals surface area (Å²) in [6.45, 7) is 0. The van der Waals surface area contributed by atoms with Crippen LogP contribution in [0.5, 0.6) is 0 Å². The quantitative estimate of drug-likeness (QED) is 0.671. The monoisotopic (exact) mass is 300 g/mol. The van der Waals surface area contributed by atoms with Crippen LogP contribution in [0.4, 0.5) is 0 Å². The fraction of sp³-hybridized carbons (Fsp3) is 0.571. The Morgan fingerprint density at radius 1 is 1.06 bits per heavy atom. The molecule has 0 amide bonds. The first-order valence-electron chi connectivity index (χ1n) is 6.05. The van der Waals surface area contributed by atoms with Gasteiger partial charge in [0.05, 0.1) is 0 Å². The van der Waals surface area contributed by atoms with Gasteiger partial charge in [0.25, 0.3) is 0 Å². The summed E-state index contributed by atoms with van der Waals surface area (Å²) in [7, 11) is 0. The van der Waals surface area contributed by atoms with E-state index in [1.165, 1.54) is 44.1 Å². The summed E-state index contributed by atoms with van der Waals surface area (Å²) in [5, 5.41) is 1.96. The van der Waals surface area contributed by atoms with E-state index in [4.69, 9.17) is 11.6 Å². The first-order chi connectivity index (χ1) is 7.74. The number of alkyl halides is 1. The van der Waals surface area contributed by atoms with Gasteiger partial charge in [-0.25, -0.2) is 0 Å². The third kappa shape index (κ3) is 3.01. The Balaban J connectivity index is 2.08. The lowest BCUT2D eigenvalue weighted by Crippen LogP contribution is -2.28. The van der Waals surface area contributed by atoms with E-state index in [0.717, 1.165) is 10.4 Å². The molecule has 0 heterocycles. The second-order valence-corrected chi connectivity index (χ2v) is 5.99. The largest absolute Gasteiger partial charge is 0.0922 e. The van der Waals surface area contributed by atoms with E-state index < -0.39 is 0 Å². The van der Waals surface area contributed by atoms with Crippen LogP contribution in [-0.2, 0) is 6.42 Å². The Morgan fingerprint density at radius 3 is 2.25 bits per heavy atom. The van der Waals surface area contributed by atoms with Crippen molar-refractivity contribution in [3.05, 3.63) is 34.9 Å². The Kier molecular flexibility index (Phi) is 4.32. The number of hydrogen-bond donors (Lipinski definition) is 0. The first-order valence-corrected chi connectivity index (χ1v) is 7.54. The molecule has 0 N–H and O–H groups in total. The van der Waals surface area contributed by atoms with Gasteiger partial charge in [0.2, 0.25) is 0 Å². The summed E-state index contributed by atoms with van der Waals surface area (Å²) in [6.07, 6.45) is 8.10. The summed E-state index contributed by atoms with van der Waals surface area (Å²) in [5.74, 6) is 0. The maximum Gasteiger partial charge on any atom is 0.0406 e. The van der Waals surface area contributed by atoms with E-state index in [9.17, 15) is 0 Å². The second-order valence-electron chi connectivity index (χ2n) is 5.00. The molecule has 0 spiro atoms. The summed E-state index contributed by atoms with van der Waals surface area (Å²) in [6, 6.07) is 8.34. The van der Waals surface area contributed by atoms with Gasteiger partial charge in [0.1, 0.15) is 0 Å². The van der Waals surface area contributed by atoms with E-state index in [1.807, 2.05) is 12.1 Å². The van der Waals surface area contributed by atoms with Gasteiger partial charge in [-0.3, -0.25) is 0 Å². The van der Waals surface area contributed by atoms with Crippen molar-refractivity contribution in [2.75, 3.05) is 5.33 Å². The molecule has 1 aliphatic carbocycles. The van der Waals surface area contributed by atoms with Gasteiger partial charge in [-0.2, -0.15) is 0 Å². The first kappa shape index (κ1) is 12.4. The lowest BCUT2D eigenvalue weighted by Gasteiger charge is -2.36. The zero-order valence-corrected chi connectivity index (χ0v) is 11.9. The third-order valence-electron chi connectivity index (χ3n) is 3.69. The van der Waals surface area contributed by atoms with Crippen LogP contribution in [0.3, 0.4) is 0 Å². The van der Waals surface area contributed by atoms with E-state index in [-0.39, 0.29) is 0 Å². The average molecular weight is 302 g/mol. The molecule has 0 radical (unpaired) electrons. The molecule has 0 nitrogen and oxygen atoms in total. The maximum atomic E-state index is 5.91. The van der Waals surface area contributed by atoms with Gasteiger partial charge in [-0.1, -0.05) is 58.9 Å². The maximum absolute atomic E-state index is 5.91. The normalized spacial score (nSPS) is 19.6. The highest BCUT2D eigenvalue weighted by Crippen LogP contribution is 2.40. The van der Waals surface area contributed by atoms with Crippen molar-refractivity contribution >= 4 is 27.5 Å². The molecule has 0 unspecified atom stereocenters. The molecule has 1 fully saturated rings. The fourth-order valence-corrected chi connectivity index (χ4v) is 3.58. The summed E-state index contributed by atoms with van der Waals surface area (Å²) < 4.78 is 0. The Hall–Kier alpha value is -0.0100. The smallest absolute Gasteiger partial charge is 0.0406 e. The van der Waals surface area contributed by atoms with Gasteiger partial charge in [0.15, 0.2) is 0 Å². The molecule has 0 saturated heterocycles. The molecule has 0 atom stereocenters. The van der Waals surface area contributed by atoms with Gasteiger partial charge in [-0.05, 0) is 42.4 Å². The molecule has 2 rings (SSSR count). The van der Waals surface area contributed by atoms with Crippen LogP contribution in [0.1, 0.15) is 37.7 Å². The van der Waals surface area contributed by atoms with Gasteiger partial charge in [-0.15, -0.1) is 0 Å². The van der Waals surface area contributed by atoms with Crippen molar-refractivity contribution < 1.29 is 0 Å². The fourth-order valence-electron chi connectivity index (χ4n) is 2.69. The highest BCUT2D eigenvalue weighted by Gasteiger charge is 2.30. The summed E-state index contributed by atoms with van der Waals surface area (Å²) >= 11 is 9.63. The Labute approximate surface area is 112 Å². The van der Waals surface area contributed by atoms with Gasteiger partial charge in [0, 0.05) is 10.4 Å². The van der Waals surface area contributed by atoms with Crippen molar-refractivity contribution in [3.8, 4) is 0 Å². The third-order valence-corrected chi connectivity index (χ3v) is 5.13. The molecule has 1 aromatic carbocycles. The predicted octanol–water partition coefficient (Wildman–Crippen LogP) is 5.23. The highest BCUT2D eigenvalue weighted by atomic mass is 79.9. The minimum absolute atomic E-state index is 0.492. The van der Waals surface area contributed by atoms with Crippen LogP contribution in [0.25, 0.3) is 0 Å². The number of benzene rings is 1. The van der Waals surface area contributed by atoms with E-state index in [2.05, 4.69) is 28.1 Å². The van der Waals surface area contributed by atoms with Crippen LogP contribution in [0.15, 0.2) is 24.3 Å². The highest BCUT2D eigenvalue weighted by molar-refractivity contribution is 9.09. The zero-order chi connectivity index (χ0) is 11.4. The Bertz CT molecular complexity index is 325. The van der Waals surface area contributed by atoms with Crippen LogP contribution >= 0.6 is 27.5 Å². The van der Waals surface area contributed by atoms with Crippen LogP contribution in [-0.4, -0.2) is 5.33 Å². The zero-order valence-electron chi connectivity index (χ0n) is 9.52. The molecule has 1 aromatic rings. The van der Waals surface area contributed by atoms with Crippen LogP contribution in [0, 0.1) is 5.41 Å².